The summed E-state index contributed by atoms with van der Waals surface area (Å²) in [7, 11) is 0. The number of nitrogens with zero attached hydrogens (tertiary/aromatic N) is 1. The van der Waals surface area contributed by atoms with Gasteiger partial charge in [-0.15, -0.1) is 0 Å². The van der Waals surface area contributed by atoms with Gasteiger partial charge in [-0.05, 0) is 12.3 Å². The molecule has 1 fully saturated rings. The van der Waals surface area contributed by atoms with E-state index in [9.17, 15) is 14.4 Å². The second kappa shape index (κ2) is 5.81. The average Bonchev–Trinajstić information content (AvgIpc) is 2.30. The minimum Gasteiger partial charge on any atom is -0.481 e. The number of likely N-dealkylation sites (tertiary alicyclic amines) is 1. The molecular formula is C14H23NO5. The zero-order valence-corrected chi connectivity index (χ0v) is 12.7. The minimum atomic E-state index is -1.19. The molecule has 0 aromatic heterocycles. The maximum Gasteiger partial charge on any atom is 0.410 e. The van der Waals surface area contributed by atoms with Crippen LogP contribution >= 0.6 is 0 Å². The highest BCUT2D eigenvalue weighted by atomic mass is 16.6. The van der Waals surface area contributed by atoms with Crippen molar-refractivity contribution in [1.82, 2.24) is 4.90 Å². The fourth-order valence-corrected chi connectivity index (χ4v) is 1.90. The number of ether oxygens (including phenoxy) is 1. The van der Waals surface area contributed by atoms with E-state index in [4.69, 9.17) is 9.84 Å². The topological polar surface area (TPSA) is 83.9 Å². The highest BCUT2D eigenvalue weighted by Gasteiger charge is 2.40. The van der Waals surface area contributed by atoms with E-state index in [2.05, 4.69) is 0 Å². The molecule has 6 heteroatoms. The third kappa shape index (κ3) is 3.71. The Labute approximate surface area is 119 Å². The molecule has 114 valence electrons. The van der Waals surface area contributed by atoms with Gasteiger partial charge < -0.3 is 14.7 Å². The predicted octanol–water partition coefficient (Wildman–Crippen LogP) is 1.78. The lowest BCUT2D eigenvalue weighted by Crippen LogP contribution is -2.51. The highest BCUT2D eigenvalue weighted by molar-refractivity contribution is 6.00. The largest absolute Gasteiger partial charge is 0.481 e. The number of ketones is 1. The Balaban J connectivity index is 2.74. The summed E-state index contributed by atoms with van der Waals surface area (Å²) >= 11 is 0. The van der Waals surface area contributed by atoms with E-state index in [0.29, 0.717) is 0 Å². The van der Waals surface area contributed by atoms with E-state index in [1.54, 1.807) is 13.8 Å². The van der Waals surface area contributed by atoms with Crippen LogP contribution in [0.4, 0.5) is 4.79 Å². The highest BCUT2D eigenvalue weighted by Crippen LogP contribution is 2.24. The van der Waals surface area contributed by atoms with Gasteiger partial charge in [-0.25, -0.2) is 4.79 Å². The van der Waals surface area contributed by atoms with Crippen LogP contribution in [-0.2, 0) is 14.3 Å². The van der Waals surface area contributed by atoms with Gasteiger partial charge in [0.15, 0.2) is 5.78 Å². The van der Waals surface area contributed by atoms with E-state index < -0.39 is 23.9 Å². The summed E-state index contributed by atoms with van der Waals surface area (Å²) < 4.78 is 5.35. The molecule has 1 heterocycles. The van der Waals surface area contributed by atoms with Crippen LogP contribution in [0.5, 0.6) is 0 Å². The summed E-state index contributed by atoms with van der Waals surface area (Å²) in [5.41, 5.74) is -0.195. The van der Waals surface area contributed by atoms with Crippen molar-refractivity contribution in [2.24, 2.45) is 17.3 Å². The molecule has 20 heavy (non-hydrogen) atoms. The van der Waals surface area contributed by atoms with Gasteiger partial charge in [0, 0.05) is 19.0 Å². The Morgan fingerprint density at radius 2 is 1.90 bits per heavy atom. The van der Waals surface area contributed by atoms with Gasteiger partial charge in [-0.1, -0.05) is 27.7 Å². The number of amides is 1. The zero-order chi connectivity index (χ0) is 15.7. The monoisotopic (exact) mass is 285 g/mol. The lowest BCUT2D eigenvalue weighted by molar-refractivity contribution is -0.150. The second-order valence-electron chi connectivity index (χ2n) is 6.49. The maximum absolute atomic E-state index is 12.1. The number of hydrogen-bond acceptors (Lipinski definition) is 4. The Morgan fingerprint density at radius 1 is 1.35 bits per heavy atom. The molecule has 1 aliphatic heterocycles. The first-order valence-corrected chi connectivity index (χ1v) is 6.76. The lowest BCUT2D eigenvalue weighted by Gasteiger charge is -2.35. The molecule has 0 radical (unpaired) electrons. The molecule has 1 aliphatic rings. The predicted molar refractivity (Wildman–Crippen MR) is 72.3 cm³/mol. The molecule has 1 amide bonds. The van der Waals surface area contributed by atoms with Crippen LogP contribution in [0.2, 0.25) is 0 Å². The van der Waals surface area contributed by atoms with Crippen molar-refractivity contribution in [3.05, 3.63) is 0 Å². The van der Waals surface area contributed by atoms with Crippen molar-refractivity contribution in [2.75, 3.05) is 13.1 Å². The average molecular weight is 285 g/mol. The van der Waals surface area contributed by atoms with Crippen LogP contribution in [0.15, 0.2) is 0 Å². The van der Waals surface area contributed by atoms with Gasteiger partial charge in [-0.3, -0.25) is 9.59 Å². The fourth-order valence-electron chi connectivity index (χ4n) is 1.90. The summed E-state index contributed by atoms with van der Waals surface area (Å²) in [6, 6.07) is 0. The first-order valence-electron chi connectivity index (χ1n) is 6.76. The van der Waals surface area contributed by atoms with Gasteiger partial charge in [0.1, 0.15) is 12.0 Å². The van der Waals surface area contributed by atoms with Crippen LogP contribution in [0, 0.1) is 17.3 Å². The van der Waals surface area contributed by atoms with Gasteiger partial charge in [-0.2, -0.15) is 0 Å². The molecule has 0 saturated carbocycles. The molecule has 6 nitrogen and oxygen atoms in total. The molecule has 0 aliphatic carbocycles. The van der Waals surface area contributed by atoms with Crippen LogP contribution < -0.4 is 0 Å². The van der Waals surface area contributed by atoms with E-state index in [1.807, 2.05) is 20.8 Å². The molecule has 0 aromatic rings. The Bertz CT molecular complexity index is 412. The first kappa shape index (κ1) is 16.5. The number of carboxylic acid groups (broad SMARTS) is 1. The maximum atomic E-state index is 12.1. The van der Waals surface area contributed by atoms with Gasteiger partial charge in [0.05, 0.1) is 0 Å². The number of hydrogen-bond donors (Lipinski definition) is 1. The van der Waals surface area contributed by atoms with Crippen molar-refractivity contribution >= 4 is 17.8 Å². The molecular weight excluding hydrogens is 262 g/mol. The van der Waals surface area contributed by atoms with Crippen molar-refractivity contribution in [3.8, 4) is 0 Å². The standard InChI is InChI=1S/C14H23NO5/c1-8-6-15(7-10(11(8)16)12(17)18)13(19)20-9(2)14(3,4)5/h8-10H,6-7H2,1-5H3,(H,17,18). The lowest BCUT2D eigenvalue weighted by atomic mass is 9.89. The first-order chi connectivity index (χ1) is 9.04. The molecule has 0 aromatic carbocycles. The minimum absolute atomic E-state index is 0.117. The molecule has 3 atom stereocenters. The van der Waals surface area contributed by atoms with Crippen molar-refractivity contribution in [3.63, 3.8) is 0 Å². The summed E-state index contributed by atoms with van der Waals surface area (Å²) in [6.07, 6.45) is -0.857. The fraction of sp³-hybridized carbons (Fsp3) is 0.786. The number of carbonyl (C=O) groups excluding carboxylic acids is 2. The molecule has 1 rings (SSSR count). The normalized spacial score (nSPS) is 25.2. The Hall–Kier alpha value is -1.59. The van der Waals surface area contributed by atoms with Crippen molar-refractivity contribution < 1.29 is 24.2 Å². The third-order valence-electron chi connectivity index (χ3n) is 3.78. The number of aliphatic carboxylic acids is 1. The van der Waals surface area contributed by atoms with Crippen LogP contribution in [0.25, 0.3) is 0 Å². The SMILES string of the molecule is CC1CN(C(=O)OC(C)C(C)(C)C)CC(C(=O)O)C1=O. The number of Topliss-reactive ketones (excluding diaryl/α,β-unsaturated/α-hetero) is 1. The van der Waals surface area contributed by atoms with Crippen LogP contribution in [0.3, 0.4) is 0 Å². The summed E-state index contributed by atoms with van der Waals surface area (Å²) in [6.45, 7) is 9.37. The van der Waals surface area contributed by atoms with Crippen LogP contribution in [-0.4, -0.2) is 47.0 Å². The molecule has 0 bridgehead atoms. The van der Waals surface area contributed by atoms with Gasteiger partial charge in [0.2, 0.25) is 0 Å². The number of carboxylic acids is 1. The zero-order valence-electron chi connectivity index (χ0n) is 12.7. The summed E-state index contributed by atoms with van der Waals surface area (Å²) in [5.74, 6) is -3.16. The van der Waals surface area contributed by atoms with E-state index in [1.165, 1.54) is 4.90 Å². The number of rotatable bonds is 2. The molecule has 3 unspecified atom stereocenters. The van der Waals surface area contributed by atoms with E-state index >= 15 is 0 Å². The number of piperidine rings is 1. The van der Waals surface area contributed by atoms with Crippen LogP contribution in [0.1, 0.15) is 34.6 Å². The molecule has 1 N–H and O–H groups in total. The van der Waals surface area contributed by atoms with E-state index in [0.717, 1.165) is 0 Å². The van der Waals surface area contributed by atoms with Crippen molar-refractivity contribution in [1.29, 1.82) is 0 Å². The number of carbonyl (C=O) groups is 3. The smallest absolute Gasteiger partial charge is 0.410 e. The van der Waals surface area contributed by atoms with Crippen molar-refractivity contribution in [2.45, 2.75) is 40.7 Å². The van der Waals surface area contributed by atoms with Gasteiger partial charge in [0.25, 0.3) is 0 Å². The van der Waals surface area contributed by atoms with Gasteiger partial charge >= 0.3 is 12.1 Å². The second-order valence-corrected chi connectivity index (χ2v) is 6.49. The third-order valence-corrected chi connectivity index (χ3v) is 3.78. The Kier molecular flexibility index (Phi) is 4.78. The summed E-state index contributed by atoms with van der Waals surface area (Å²) in [4.78, 5) is 36.2. The molecule has 0 spiro atoms. The van der Waals surface area contributed by atoms with E-state index in [-0.39, 0.29) is 30.4 Å². The summed E-state index contributed by atoms with van der Waals surface area (Å²) in [5, 5.41) is 9.04. The quantitative estimate of drug-likeness (QED) is 0.782. The Morgan fingerprint density at radius 3 is 2.35 bits per heavy atom. The molecule has 1 saturated heterocycles.